The predicted molar refractivity (Wildman–Crippen MR) is 90.8 cm³/mol. The Morgan fingerprint density at radius 3 is 2.42 bits per heavy atom. The van der Waals surface area contributed by atoms with Gasteiger partial charge >= 0.3 is 6.18 Å². The van der Waals surface area contributed by atoms with Gasteiger partial charge in [0.25, 0.3) is 0 Å². The van der Waals surface area contributed by atoms with E-state index >= 15 is 0 Å². The summed E-state index contributed by atoms with van der Waals surface area (Å²) in [6, 6.07) is 7.26. The van der Waals surface area contributed by atoms with Crippen molar-refractivity contribution in [2.24, 2.45) is 0 Å². The highest BCUT2D eigenvalue weighted by atomic mass is 32.2. The molecule has 26 heavy (non-hydrogen) atoms. The molecule has 5 nitrogen and oxygen atoms in total. The molecule has 1 N–H and O–H groups in total. The maximum absolute atomic E-state index is 12.6. The number of ketones is 1. The van der Waals surface area contributed by atoms with Crippen molar-refractivity contribution in [3.63, 3.8) is 0 Å². The van der Waals surface area contributed by atoms with E-state index in [4.69, 9.17) is 0 Å². The minimum Gasteiger partial charge on any atom is -0.350 e. The minimum atomic E-state index is -4.55. The van der Waals surface area contributed by atoms with Crippen LogP contribution < -0.4 is 5.32 Å². The lowest BCUT2D eigenvalue weighted by atomic mass is 10.0. The fourth-order valence-corrected chi connectivity index (χ4v) is 2.85. The molecule has 1 heterocycles. The molecule has 1 aromatic heterocycles. The summed E-state index contributed by atoms with van der Waals surface area (Å²) in [5.74, 6) is -0.494. The SMILES string of the molecule is CC(=O)NC(C)c1ccc(C(=O)CSc2nccc(C(F)(F)F)n2)cc1. The molecule has 1 aromatic carbocycles. The average Bonchev–Trinajstić information content (AvgIpc) is 2.58. The van der Waals surface area contributed by atoms with Crippen LogP contribution >= 0.6 is 11.8 Å². The van der Waals surface area contributed by atoms with Gasteiger partial charge in [-0.2, -0.15) is 13.2 Å². The number of nitrogens with one attached hydrogen (secondary N) is 1. The maximum atomic E-state index is 12.6. The number of hydrogen-bond acceptors (Lipinski definition) is 5. The van der Waals surface area contributed by atoms with E-state index < -0.39 is 11.9 Å². The van der Waals surface area contributed by atoms with Gasteiger partial charge in [-0.05, 0) is 18.6 Å². The number of hydrogen-bond donors (Lipinski definition) is 1. The standard InChI is InChI=1S/C17H16F3N3O2S/c1-10(22-11(2)24)12-3-5-13(6-4-12)14(25)9-26-16-21-8-7-15(23-16)17(18,19)20/h3-8,10H,9H2,1-2H3,(H,22,24). The summed E-state index contributed by atoms with van der Waals surface area (Å²) >= 11 is 0.844. The van der Waals surface area contributed by atoms with Gasteiger partial charge in [0.05, 0.1) is 11.8 Å². The number of carbonyl (C=O) groups is 2. The molecule has 0 bridgehead atoms. The summed E-state index contributed by atoms with van der Waals surface area (Å²) < 4.78 is 37.9. The molecule has 1 atom stereocenters. The lowest BCUT2D eigenvalue weighted by molar-refractivity contribution is -0.141. The van der Waals surface area contributed by atoms with Crippen LogP contribution in [0.1, 0.15) is 41.5 Å². The van der Waals surface area contributed by atoms with Gasteiger partial charge in [-0.1, -0.05) is 36.0 Å². The number of benzene rings is 1. The Morgan fingerprint density at radius 2 is 1.85 bits per heavy atom. The average molecular weight is 383 g/mol. The number of nitrogens with zero attached hydrogens (tertiary/aromatic N) is 2. The van der Waals surface area contributed by atoms with Gasteiger partial charge in [-0.15, -0.1) is 0 Å². The van der Waals surface area contributed by atoms with E-state index in [0.29, 0.717) is 5.56 Å². The summed E-state index contributed by atoms with van der Waals surface area (Å²) in [5, 5.41) is 2.63. The van der Waals surface area contributed by atoms with Crippen molar-refractivity contribution < 1.29 is 22.8 Å². The summed E-state index contributed by atoms with van der Waals surface area (Å²) in [7, 11) is 0. The van der Waals surface area contributed by atoms with Crippen molar-refractivity contribution in [2.75, 3.05) is 5.75 Å². The van der Waals surface area contributed by atoms with Crippen LogP contribution in [-0.2, 0) is 11.0 Å². The molecule has 2 aromatic rings. The van der Waals surface area contributed by atoms with E-state index in [1.807, 2.05) is 6.92 Å². The third-order valence-corrected chi connectivity index (χ3v) is 4.27. The Morgan fingerprint density at radius 1 is 1.19 bits per heavy atom. The maximum Gasteiger partial charge on any atom is 0.433 e. The highest BCUT2D eigenvalue weighted by Crippen LogP contribution is 2.28. The second-order valence-corrected chi connectivity index (χ2v) is 6.42. The number of halogens is 3. The number of carbonyl (C=O) groups excluding carboxylic acids is 2. The summed E-state index contributed by atoms with van der Waals surface area (Å²) in [5.41, 5.74) is 0.215. The van der Waals surface area contributed by atoms with Crippen LogP contribution in [0.25, 0.3) is 0 Å². The molecular formula is C17H16F3N3O2S. The Bertz CT molecular complexity index is 795. The monoisotopic (exact) mass is 383 g/mol. The molecule has 1 amide bonds. The van der Waals surface area contributed by atoms with Crippen molar-refractivity contribution in [1.82, 2.24) is 15.3 Å². The van der Waals surface area contributed by atoms with Gasteiger partial charge < -0.3 is 5.32 Å². The van der Waals surface area contributed by atoms with E-state index in [1.165, 1.54) is 6.92 Å². The van der Waals surface area contributed by atoms with Crippen LogP contribution in [0.5, 0.6) is 0 Å². The first-order valence-corrected chi connectivity index (χ1v) is 8.58. The molecule has 0 fully saturated rings. The van der Waals surface area contributed by atoms with Gasteiger partial charge in [0.2, 0.25) is 5.91 Å². The number of amides is 1. The number of thioether (sulfide) groups is 1. The smallest absolute Gasteiger partial charge is 0.350 e. The van der Waals surface area contributed by atoms with Crippen molar-refractivity contribution >= 4 is 23.5 Å². The molecule has 0 spiro atoms. The number of alkyl halides is 3. The molecule has 0 aliphatic rings. The van der Waals surface area contributed by atoms with Crippen LogP contribution in [0.15, 0.2) is 41.7 Å². The van der Waals surface area contributed by atoms with Gasteiger partial charge in [0.1, 0.15) is 5.69 Å². The second kappa shape index (κ2) is 8.31. The Labute approximate surface area is 152 Å². The Kier molecular flexibility index (Phi) is 6.36. The summed E-state index contributed by atoms with van der Waals surface area (Å²) in [6.45, 7) is 3.24. The topological polar surface area (TPSA) is 72.0 Å². The third kappa shape index (κ3) is 5.55. The van der Waals surface area contributed by atoms with Crippen LogP contribution in [0, 0.1) is 0 Å². The fraction of sp³-hybridized carbons (Fsp3) is 0.294. The largest absolute Gasteiger partial charge is 0.433 e. The Balaban J connectivity index is 1.99. The van der Waals surface area contributed by atoms with E-state index in [0.717, 1.165) is 29.6 Å². The van der Waals surface area contributed by atoms with Crippen LogP contribution in [0.2, 0.25) is 0 Å². The molecule has 2 rings (SSSR count). The first-order valence-electron chi connectivity index (χ1n) is 7.60. The lowest BCUT2D eigenvalue weighted by Crippen LogP contribution is -2.23. The van der Waals surface area contributed by atoms with Gasteiger partial charge in [-0.25, -0.2) is 9.97 Å². The van der Waals surface area contributed by atoms with Crippen LogP contribution in [0.3, 0.4) is 0 Å². The van der Waals surface area contributed by atoms with E-state index in [9.17, 15) is 22.8 Å². The normalized spacial score (nSPS) is 12.5. The van der Waals surface area contributed by atoms with Gasteiger partial charge in [0, 0.05) is 18.7 Å². The molecule has 0 saturated heterocycles. The molecule has 0 aliphatic carbocycles. The zero-order valence-electron chi connectivity index (χ0n) is 14.0. The highest BCUT2D eigenvalue weighted by Gasteiger charge is 2.32. The summed E-state index contributed by atoms with van der Waals surface area (Å²) in [4.78, 5) is 30.4. The predicted octanol–water partition coefficient (Wildman–Crippen LogP) is 3.67. The van der Waals surface area contributed by atoms with Gasteiger partial charge in [0.15, 0.2) is 10.9 Å². The Hall–Kier alpha value is -2.42. The zero-order chi connectivity index (χ0) is 19.3. The first-order chi connectivity index (χ1) is 12.2. The fourth-order valence-electron chi connectivity index (χ4n) is 2.13. The molecule has 0 aliphatic heterocycles. The quantitative estimate of drug-likeness (QED) is 0.468. The van der Waals surface area contributed by atoms with Crippen molar-refractivity contribution in [1.29, 1.82) is 0 Å². The molecule has 0 saturated carbocycles. The van der Waals surface area contributed by atoms with Gasteiger partial charge in [-0.3, -0.25) is 9.59 Å². The van der Waals surface area contributed by atoms with E-state index in [-0.39, 0.29) is 28.6 Å². The van der Waals surface area contributed by atoms with Crippen molar-refractivity contribution in [3.8, 4) is 0 Å². The van der Waals surface area contributed by atoms with Crippen LogP contribution in [0.4, 0.5) is 13.2 Å². The number of rotatable bonds is 6. The van der Waals surface area contributed by atoms with Crippen molar-refractivity contribution in [2.45, 2.75) is 31.2 Å². The molecule has 9 heteroatoms. The number of Topliss-reactive ketones (excluding diaryl/α,β-unsaturated/α-hetero) is 1. The molecule has 1 unspecified atom stereocenters. The third-order valence-electron chi connectivity index (χ3n) is 3.41. The van der Waals surface area contributed by atoms with E-state index in [1.54, 1.807) is 24.3 Å². The molecule has 138 valence electrons. The van der Waals surface area contributed by atoms with Crippen molar-refractivity contribution in [3.05, 3.63) is 53.3 Å². The minimum absolute atomic E-state index is 0.0814. The summed E-state index contributed by atoms with van der Waals surface area (Å²) in [6.07, 6.45) is -3.54. The van der Waals surface area contributed by atoms with Crippen LogP contribution in [-0.4, -0.2) is 27.4 Å². The number of aromatic nitrogens is 2. The molecular weight excluding hydrogens is 367 g/mol. The second-order valence-electron chi connectivity index (χ2n) is 5.48. The molecule has 0 radical (unpaired) electrons. The zero-order valence-corrected chi connectivity index (χ0v) is 14.8. The highest BCUT2D eigenvalue weighted by molar-refractivity contribution is 7.99. The van der Waals surface area contributed by atoms with E-state index in [2.05, 4.69) is 15.3 Å². The lowest BCUT2D eigenvalue weighted by Gasteiger charge is -2.13. The first kappa shape index (κ1) is 19.9.